The third kappa shape index (κ3) is 12.4. The van der Waals surface area contributed by atoms with Gasteiger partial charge in [-0.1, -0.05) is 20.4 Å². The van der Waals surface area contributed by atoms with Crippen LogP contribution in [-0.2, 0) is 0 Å². The van der Waals surface area contributed by atoms with E-state index in [1.165, 1.54) is 0 Å². The molecule has 1 aromatic carbocycles. The van der Waals surface area contributed by atoms with Gasteiger partial charge < -0.3 is 25.6 Å². The second kappa shape index (κ2) is 15.1. The van der Waals surface area contributed by atoms with Crippen LogP contribution in [0.3, 0.4) is 0 Å². The molecule has 0 atom stereocenters. The van der Waals surface area contributed by atoms with Gasteiger partial charge in [-0.05, 0) is 77.3 Å². The molecule has 6 nitrogen and oxygen atoms in total. The summed E-state index contributed by atoms with van der Waals surface area (Å²) < 4.78 is 12.5. The summed E-state index contributed by atoms with van der Waals surface area (Å²) >= 11 is 2.20. The first kappa shape index (κ1) is 27.2. The van der Waals surface area contributed by atoms with Crippen LogP contribution in [0.15, 0.2) is 52.3 Å². The number of aliphatic hydroxyl groups is 1. The van der Waals surface area contributed by atoms with Gasteiger partial charge >= 0.3 is 0 Å². The van der Waals surface area contributed by atoms with Gasteiger partial charge in [0.05, 0.1) is 12.2 Å². The summed E-state index contributed by atoms with van der Waals surface area (Å²) in [5, 5.41) is 11.3. The van der Waals surface area contributed by atoms with E-state index in [9.17, 15) is 4.79 Å². The Labute approximate surface area is 188 Å². The average molecular weight is 516 g/mol. The number of hydrogen-bond acceptors (Lipinski definition) is 5. The highest BCUT2D eigenvalue weighted by Gasteiger charge is 2.10. The molecule has 7 heteroatoms. The Bertz CT molecular complexity index is 707. The minimum atomic E-state index is -0.536. The Balaban J connectivity index is 0.000000949. The van der Waals surface area contributed by atoms with Crippen LogP contribution in [0.2, 0.25) is 0 Å². The molecular weight excluding hydrogens is 483 g/mol. The molecule has 4 N–H and O–H groups in total. The van der Waals surface area contributed by atoms with E-state index in [4.69, 9.17) is 20.3 Å². The molecule has 1 fully saturated rings. The van der Waals surface area contributed by atoms with Gasteiger partial charge in [0.2, 0.25) is 5.91 Å². The molecule has 1 aliphatic rings. The number of amides is 1. The number of nitrogens with two attached hydrogens (primary N) is 1. The van der Waals surface area contributed by atoms with E-state index < -0.39 is 5.91 Å². The maximum Gasteiger partial charge on any atom is 0.248 e. The van der Waals surface area contributed by atoms with E-state index in [0.717, 1.165) is 16.7 Å². The van der Waals surface area contributed by atoms with E-state index in [-0.39, 0.29) is 12.2 Å². The van der Waals surface area contributed by atoms with Gasteiger partial charge in [-0.15, -0.1) is 0 Å². The molecule has 0 spiro atoms. The monoisotopic (exact) mass is 516 g/mol. The van der Waals surface area contributed by atoms with Gasteiger partial charge in [-0.25, -0.2) is 0 Å². The van der Waals surface area contributed by atoms with Crippen LogP contribution in [0.1, 0.15) is 45.0 Å². The van der Waals surface area contributed by atoms with Gasteiger partial charge in [0.25, 0.3) is 0 Å². The highest BCUT2D eigenvalue weighted by molar-refractivity contribution is 14.1. The number of rotatable bonds is 7. The van der Waals surface area contributed by atoms with Crippen molar-refractivity contribution in [1.82, 2.24) is 5.32 Å². The largest absolute Gasteiger partial charge is 0.491 e. The Hall–Kier alpha value is -1.84. The van der Waals surface area contributed by atoms with Crippen LogP contribution in [0, 0.1) is 0 Å². The molecule has 1 saturated heterocycles. The molecule has 0 aromatic heterocycles. The van der Waals surface area contributed by atoms with Crippen molar-refractivity contribution in [3.05, 3.63) is 57.9 Å². The number of carbonyl (C=O) groups is 1. The molecule has 1 amide bonds. The van der Waals surface area contributed by atoms with Crippen molar-refractivity contribution in [3.8, 4) is 11.5 Å². The number of primary amides is 1. The SMILES string of the molecule is C=C/C(=C\C=C(/C)I)Oc1cc(OC(C)C)cc(C(N)=O)c1.CC.OC1CNC1. The smallest absolute Gasteiger partial charge is 0.248 e. The van der Waals surface area contributed by atoms with Crippen molar-refractivity contribution in [1.29, 1.82) is 0 Å². The standard InChI is InChI=1S/C17H20INO3.C3H7NO.C2H6/c1-5-14(7-6-12(4)18)22-16-9-13(17(19)20)8-15(10-16)21-11(2)3;5-3-1-4-2-3;1-2/h5-11H,1H2,2-4H3,(H2,19,20);3-5H,1-2H2;1-2H3/b12-6+,14-7+;;. The first-order valence-corrected chi connectivity index (χ1v) is 10.6. The number of benzene rings is 1. The molecule has 1 heterocycles. The first-order valence-electron chi connectivity index (χ1n) is 9.56. The third-order valence-corrected chi connectivity index (χ3v) is 3.57. The molecule has 0 saturated carbocycles. The van der Waals surface area contributed by atoms with E-state index in [1.807, 2.05) is 40.7 Å². The van der Waals surface area contributed by atoms with Gasteiger partial charge in [0.1, 0.15) is 17.3 Å². The number of β-amino-alcohol motifs (C(OH)–C–C–N with tert-alkyl or cyclic N) is 1. The van der Waals surface area contributed by atoms with Crippen molar-refractivity contribution in [2.45, 2.75) is 46.8 Å². The van der Waals surface area contributed by atoms with Crippen LogP contribution in [0.25, 0.3) is 0 Å². The van der Waals surface area contributed by atoms with Crippen LogP contribution < -0.4 is 20.5 Å². The zero-order chi connectivity index (χ0) is 22.4. The van der Waals surface area contributed by atoms with Gasteiger partial charge in [-0.3, -0.25) is 4.79 Å². The lowest BCUT2D eigenvalue weighted by molar-refractivity contribution is 0.0999. The van der Waals surface area contributed by atoms with Crippen molar-refractivity contribution >= 4 is 28.5 Å². The number of halogens is 1. The molecular formula is C22H33IN2O4. The summed E-state index contributed by atoms with van der Waals surface area (Å²) in [6, 6.07) is 4.89. The summed E-state index contributed by atoms with van der Waals surface area (Å²) in [6.45, 7) is 15.1. The maximum absolute atomic E-state index is 11.4. The van der Waals surface area contributed by atoms with Crippen LogP contribution >= 0.6 is 22.6 Å². The topological polar surface area (TPSA) is 93.8 Å². The Morgan fingerprint density at radius 2 is 1.83 bits per heavy atom. The van der Waals surface area contributed by atoms with E-state index in [1.54, 1.807) is 30.4 Å². The number of aliphatic hydroxyl groups excluding tert-OH is 1. The fourth-order valence-electron chi connectivity index (χ4n) is 1.86. The highest BCUT2D eigenvalue weighted by atomic mass is 127. The lowest BCUT2D eigenvalue weighted by Gasteiger charge is -2.20. The average Bonchev–Trinajstić information content (AvgIpc) is 2.64. The number of ether oxygens (including phenoxy) is 2. The lowest BCUT2D eigenvalue weighted by Crippen LogP contribution is -2.46. The number of nitrogens with one attached hydrogen (secondary N) is 1. The molecule has 0 aliphatic carbocycles. The molecule has 2 rings (SSSR count). The van der Waals surface area contributed by atoms with E-state index in [2.05, 4.69) is 34.5 Å². The first-order chi connectivity index (χ1) is 13.7. The van der Waals surface area contributed by atoms with E-state index in [0.29, 0.717) is 22.8 Å². The maximum atomic E-state index is 11.4. The summed E-state index contributed by atoms with van der Waals surface area (Å²) in [7, 11) is 0. The predicted octanol–water partition coefficient (Wildman–Crippen LogP) is 4.34. The predicted molar refractivity (Wildman–Crippen MR) is 128 cm³/mol. The fourth-order valence-corrected chi connectivity index (χ4v) is 2.04. The van der Waals surface area contributed by atoms with Crippen molar-refractivity contribution in [3.63, 3.8) is 0 Å². The Morgan fingerprint density at radius 3 is 2.21 bits per heavy atom. The summed E-state index contributed by atoms with van der Waals surface area (Å²) in [5.74, 6) is 1.03. The van der Waals surface area contributed by atoms with Gasteiger partial charge in [0.15, 0.2) is 0 Å². The highest BCUT2D eigenvalue weighted by Crippen LogP contribution is 2.25. The van der Waals surface area contributed by atoms with Gasteiger partial charge in [0, 0.05) is 24.7 Å². The van der Waals surface area contributed by atoms with Crippen molar-refractivity contribution in [2.24, 2.45) is 5.73 Å². The van der Waals surface area contributed by atoms with Crippen molar-refractivity contribution in [2.75, 3.05) is 13.1 Å². The third-order valence-electron chi connectivity index (χ3n) is 3.21. The number of hydrogen-bond donors (Lipinski definition) is 3. The van der Waals surface area contributed by atoms with Crippen molar-refractivity contribution < 1.29 is 19.4 Å². The van der Waals surface area contributed by atoms with Crippen LogP contribution in [0.5, 0.6) is 11.5 Å². The van der Waals surface area contributed by atoms with Gasteiger partial charge in [-0.2, -0.15) is 0 Å². The second-order valence-electron chi connectivity index (χ2n) is 6.16. The molecule has 162 valence electrons. The summed E-state index contributed by atoms with van der Waals surface area (Å²) in [5.41, 5.74) is 5.68. The molecule has 1 aliphatic heterocycles. The van der Waals surface area contributed by atoms with Crippen LogP contribution in [-0.4, -0.2) is 36.3 Å². The molecule has 0 radical (unpaired) electrons. The minimum absolute atomic E-state index is 0.0185. The second-order valence-corrected chi connectivity index (χ2v) is 7.87. The zero-order valence-corrected chi connectivity index (χ0v) is 20.0. The van der Waals surface area contributed by atoms with E-state index >= 15 is 0 Å². The molecule has 29 heavy (non-hydrogen) atoms. The number of carbonyl (C=O) groups excluding carboxylic acids is 1. The zero-order valence-electron chi connectivity index (χ0n) is 17.9. The molecule has 1 aromatic rings. The minimum Gasteiger partial charge on any atom is -0.491 e. The summed E-state index contributed by atoms with van der Waals surface area (Å²) in [4.78, 5) is 11.4. The Morgan fingerprint density at radius 1 is 1.28 bits per heavy atom. The fraction of sp³-hybridized carbons (Fsp3) is 0.409. The summed E-state index contributed by atoms with van der Waals surface area (Å²) in [6.07, 6.45) is 5.23. The molecule has 0 unspecified atom stereocenters. The van der Waals surface area contributed by atoms with Crippen LogP contribution in [0.4, 0.5) is 0 Å². The molecule has 0 bridgehead atoms. The quantitative estimate of drug-likeness (QED) is 0.285. The number of allylic oxidation sites excluding steroid dienone is 4. The Kier molecular flexibility index (Phi) is 14.1. The lowest BCUT2D eigenvalue weighted by atomic mass is 10.2. The normalized spacial score (nSPS) is 13.9.